The Morgan fingerprint density at radius 2 is 1.53 bits per heavy atom. The van der Waals surface area contributed by atoms with Gasteiger partial charge in [0.15, 0.2) is 0 Å². The van der Waals surface area contributed by atoms with Gasteiger partial charge in [-0.25, -0.2) is 9.97 Å². The molecule has 0 bridgehead atoms. The molecule has 0 spiro atoms. The van der Waals surface area contributed by atoms with Gasteiger partial charge in [-0.15, -0.1) is 0 Å². The molecule has 5 heteroatoms. The second-order valence-corrected chi connectivity index (χ2v) is 8.50. The van der Waals surface area contributed by atoms with E-state index in [1.54, 1.807) is 0 Å². The number of hydrogen-bond donors (Lipinski definition) is 2. The van der Waals surface area contributed by atoms with E-state index in [4.69, 9.17) is 9.72 Å². The van der Waals surface area contributed by atoms with E-state index in [0.29, 0.717) is 6.61 Å². The Morgan fingerprint density at radius 3 is 2.44 bits per heavy atom. The summed E-state index contributed by atoms with van der Waals surface area (Å²) in [5.41, 5.74) is 7.50. The van der Waals surface area contributed by atoms with Crippen molar-refractivity contribution in [3.8, 4) is 28.1 Å². The number of fused-ring (bicyclic) bond motifs is 9. The summed E-state index contributed by atoms with van der Waals surface area (Å²) < 4.78 is 6.06. The largest absolute Gasteiger partial charge is 0.487 e. The Hall–Kier alpha value is -4.12. The summed E-state index contributed by atoms with van der Waals surface area (Å²) in [6.45, 7) is 4.50. The van der Waals surface area contributed by atoms with Crippen LogP contribution in [0.5, 0.6) is 5.75 Å². The third-order valence-electron chi connectivity index (χ3n) is 6.42. The number of aryl methyl sites for hydroxylation is 2. The maximum Gasteiger partial charge on any atom is 0.130 e. The normalized spacial score (nSPS) is 12.8. The van der Waals surface area contributed by atoms with Crippen molar-refractivity contribution in [2.45, 2.75) is 20.5 Å². The first kappa shape index (κ1) is 17.5. The average molecular weight is 416 g/mol. The molecule has 32 heavy (non-hydrogen) atoms. The van der Waals surface area contributed by atoms with E-state index in [1.165, 1.54) is 21.5 Å². The highest BCUT2D eigenvalue weighted by Crippen LogP contribution is 2.40. The zero-order valence-electron chi connectivity index (χ0n) is 17.8. The summed E-state index contributed by atoms with van der Waals surface area (Å²) in [6.07, 6.45) is 0. The van der Waals surface area contributed by atoms with Crippen LogP contribution in [0, 0.1) is 13.8 Å². The molecule has 154 valence electrons. The van der Waals surface area contributed by atoms with Crippen molar-refractivity contribution in [3.05, 3.63) is 78.0 Å². The van der Waals surface area contributed by atoms with Crippen LogP contribution in [0.15, 0.2) is 60.7 Å². The van der Waals surface area contributed by atoms with Crippen LogP contribution in [0.1, 0.15) is 17.3 Å². The Kier molecular flexibility index (Phi) is 3.40. The van der Waals surface area contributed by atoms with Crippen LogP contribution in [0.4, 0.5) is 0 Å². The monoisotopic (exact) mass is 416 g/mol. The molecule has 3 heterocycles. The molecule has 0 unspecified atom stereocenters. The second-order valence-electron chi connectivity index (χ2n) is 8.50. The summed E-state index contributed by atoms with van der Waals surface area (Å²) in [7, 11) is 0. The summed E-state index contributed by atoms with van der Waals surface area (Å²) in [4.78, 5) is 16.2. The molecule has 0 fully saturated rings. The first-order valence-corrected chi connectivity index (χ1v) is 10.8. The molecule has 2 aromatic heterocycles. The summed E-state index contributed by atoms with van der Waals surface area (Å²) in [5, 5.41) is 4.80. The summed E-state index contributed by atoms with van der Waals surface area (Å²) >= 11 is 0. The molecular weight excluding hydrogens is 396 g/mol. The van der Waals surface area contributed by atoms with E-state index in [2.05, 4.69) is 75.6 Å². The number of hydrogen-bond acceptors (Lipinski definition) is 3. The number of benzene rings is 4. The van der Waals surface area contributed by atoms with Gasteiger partial charge in [0.25, 0.3) is 0 Å². The number of ether oxygens (including phenoxy) is 1. The minimum absolute atomic E-state index is 0.520. The molecule has 7 rings (SSSR count). The van der Waals surface area contributed by atoms with Gasteiger partial charge in [-0.1, -0.05) is 42.5 Å². The van der Waals surface area contributed by atoms with Gasteiger partial charge in [-0.05, 0) is 53.9 Å². The van der Waals surface area contributed by atoms with Crippen LogP contribution >= 0.6 is 0 Å². The van der Waals surface area contributed by atoms with Gasteiger partial charge in [-0.3, -0.25) is 0 Å². The fourth-order valence-corrected chi connectivity index (χ4v) is 5.01. The molecule has 1 aliphatic heterocycles. The molecule has 0 saturated heterocycles. The van der Waals surface area contributed by atoms with E-state index >= 15 is 0 Å². The standard InChI is InChI=1S/C27H20N4O/c1-14-28-23-13-32-24-12-17(8-10-21(24)25(23)29-14)16-7-9-20-22(11-16)18-5-3-4-6-19(18)26-27(20)31-15(2)30-26/h3-12H,13H2,1-2H3,(H,28,29)(H,30,31). The fourth-order valence-electron chi connectivity index (χ4n) is 5.01. The molecule has 0 aliphatic carbocycles. The Morgan fingerprint density at radius 1 is 0.750 bits per heavy atom. The Labute approximate surface area is 184 Å². The van der Waals surface area contributed by atoms with Crippen LogP contribution in [-0.2, 0) is 6.61 Å². The minimum Gasteiger partial charge on any atom is -0.487 e. The van der Waals surface area contributed by atoms with E-state index in [0.717, 1.165) is 56.5 Å². The van der Waals surface area contributed by atoms with E-state index in [9.17, 15) is 0 Å². The highest BCUT2D eigenvalue weighted by Gasteiger charge is 2.21. The van der Waals surface area contributed by atoms with Crippen molar-refractivity contribution in [1.29, 1.82) is 0 Å². The first-order valence-electron chi connectivity index (χ1n) is 10.8. The van der Waals surface area contributed by atoms with Crippen LogP contribution < -0.4 is 4.74 Å². The lowest BCUT2D eigenvalue weighted by Gasteiger charge is -2.18. The van der Waals surface area contributed by atoms with Gasteiger partial charge in [-0.2, -0.15) is 0 Å². The van der Waals surface area contributed by atoms with Crippen molar-refractivity contribution in [3.63, 3.8) is 0 Å². The number of H-pyrrole nitrogens is 2. The molecule has 2 N–H and O–H groups in total. The third-order valence-corrected chi connectivity index (χ3v) is 6.42. The topological polar surface area (TPSA) is 66.6 Å². The highest BCUT2D eigenvalue weighted by atomic mass is 16.5. The number of aromatic nitrogens is 4. The van der Waals surface area contributed by atoms with Gasteiger partial charge in [0.05, 0.1) is 22.4 Å². The number of aromatic amines is 2. The lowest BCUT2D eigenvalue weighted by atomic mass is 9.94. The minimum atomic E-state index is 0.520. The van der Waals surface area contributed by atoms with Crippen molar-refractivity contribution < 1.29 is 4.74 Å². The van der Waals surface area contributed by atoms with Crippen molar-refractivity contribution in [1.82, 2.24) is 19.9 Å². The second kappa shape index (κ2) is 6.20. The fraction of sp³-hybridized carbons (Fsp3) is 0.111. The van der Waals surface area contributed by atoms with Crippen molar-refractivity contribution in [2.24, 2.45) is 0 Å². The zero-order valence-corrected chi connectivity index (χ0v) is 17.8. The highest BCUT2D eigenvalue weighted by molar-refractivity contribution is 6.23. The first-order chi connectivity index (χ1) is 15.7. The van der Waals surface area contributed by atoms with E-state index in [-0.39, 0.29) is 0 Å². The Balaban J connectivity index is 1.45. The van der Waals surface area contributed by atoms with E-state index < -0.39 is 0 Å². The average Bonchev–Trinajstić information content (AvgIpc) is 3.40. The number of nitrogens with zero attached hydrogens (tertiary/aromatic N) is 2. The lowest BCUT2D eigenvalue weighted by molar-refractivity contribution is 0.298. The molecule has 4 aromatic carbocycles. The van der Waals surface area contributed by atoms with Gasteiger partial charge in [0.2, 0.25) is 0 Å². The zero-order chi connectivity index (χ0) is 21.4. The molecular formula is C27H20N4O. The van der Waals surface area contributed by atoms with Crippen LogP contribution in [0.3, 0.4) is 0 Å². The molecule has 0 amide bonds. The Bertz CT molecular complexity index is 1710. The van der Waals surface area contributed by atoms with Gasteiger partial charge in [0.1, 0.15) is 24.0 Å². The lowest BCUT2D eigenvalue weighted by Crippen LogP contribution is -2.05. The predicted molar refractivity (Wildman–Crippen MR) is 128 cm³/mol. The van der Waals surface area contributed by atoms with Gasteiger partial charge in [0, 0.05) is 16.3 Å². The molecule has 0 radical (unpaired) electrons. The molecule has 1 aliphatic rings. The summed E-state index contributed by atoms with van der Waals surface area (Å²) in [6, 6.07) is 21.6. The van der Waals surface area contributed by atoms with Crippen molar-refractivity contribution in [2.75, 3.05) is 0 Å². The van der Waals surface area contributed by atoms with Crippen molar-refractivity contribution >= 4 is 32.6 Å². The maximum absolute atomic E-state index is 6.06. The van der Waals surface area contributed by atoms with Gasteiger partial charge < -0.3 is 14.7 Å². The molecule has 5 nitrogen and oxygen atoms in total. The SMILES string of the molecule is Cc1nc2c([nH]1)COc1cc(-c3ccc4c(c3)c3ccccc3c3nc(C)[nH]c43)ccc1-2. The predicted octanol–water partition coefficient (Wildman–Crippen LogP) is 6.44. The maximum atomic E-state index is 6.06. The molecule has 0 saturated carbocycles. The van der Waals surface area contributed by atoms with E-state index in [1.807, 2.05) is 13.8 Å². The molecule has 6 aromatic rings. The quantitative estimate of drug-likeness (QED) is 0.303. The number of rotatable bonds is 1. The number of imidazole rings is 2. The number of nitrogens with one attached hydrogen (secondary N) is 2. The third kappa shape index (κ3) is 2.39. The van der Waals surface area contributed by atoms with Gasteiger partial charge >= 0.3 is 0 Å². The molecule has 0 atom stereocenters. The summed E-state index contributed by atoms with van der Waals surface area (Å²) in [5.74, 6) is 2.73. The van der Waals surface area contributed by atoms with Crippen LogP contribution in [-0.4, -0.2) is 19.9 Å². The smallest absolute Gasteiger partial charge is 0.130 e. The van der Waals surface area contributed by atoms with Crippen LogP contribution in [0.2, 0.25) is 0 Å². The van der Waals surface area contributed by atoms with Crippen LogP contribution in [0.25, 0.3) is 55.0 Å².